The van der Waals surface area contributed by atoms with Crippen molar-refractivity contribution in [1.82, 2.24) is 15.1 Å². The van der Waals surface area contributed by atoms with E-state index in [1.54, 1.807) is 30.9 Å². The quantitative estimate of drug-likeness (QED) is 0.215. The molecule has 1 heterocycles. The third-order valence-electron chi connectivity index (χ3n) is 5.33. The summed E-state index contributed by atoms with van der Waals surface area (Å²) >= 11 is 0. The Morgan fingerprint density at radius 2 is 1.85 bits per heavy atom. The third-order valence-corrected chi connectivity index (χ3v) is 5.33. The van der Waals surface area contributed by atoms with E-state index in [1.165, 1.54) is 0 Å². The summed E-state index contributed by atoms with van der Waals surface area (Å²) in [6.45, 7) is 4.91. The van der Waals surface area contributed by atoms with Crippen molar-refractivity contribution in [3.05, 3.63) is 83.4 Å². The molecule has 0 atom stereocenters. The Morgan fingerprint density at radius 3 is 2.59 bits per heavy atom. The molecule has 0 spiro atoms. The summed E-state index contributed by atoms with van der Waals surface area (Å²) in [6.07, 6.45) is 1.56. The van der Waals surface area contributed by atoms with Gasteiger partial charge in [-0.25, -0.2) is 4.79 Å². The number of nitrogens with one attached hydrogen (secondary N) is 1. The van der Waals surface area contributed by atoms with E-state index >= 15 is 0 Å². The van der Waals surface area contributed by atoms with Crippen LogP contribution in [-0.2, 0) is 11.3 Å². The smallest absolute Gasteiger partial charge is 0.340 e. The molecule has 1 aromatic heterocycles. The first kappa shape index (κ1) is 23.0. The van der Waals surface area contributed by atoms with Crippen LogP contribution in [0, 0.1) is 0 Å². The van der Waals surface area contributed by atoms with Crippen molar-refractivity contribution in [3.8, 4) is 17.1 Å². The van der Waals surface area contributed by atoms with Gasteiger partial charge in [-0.05, 0) is 42.7 Å². The van der Waals surface area contributed by atoms with Crippen molar-refractivity contribution < 1.29 is 19.5 Å². The SMILES string of the molecule is CCOC(=O)c1cccc2nc(OCC)n(Cc3ccc(-c4ccccc4C=NNO)cc3)c12. The molecule has 0 saturated carbocycles. The number of benzene rings is 3. The second-order valence-electron chi connectivity index (χ2n) is 7.45. The van der Waals surface area contributed by atoms with E-state index in [1.807, 2.05) is 66.1 Å². The molecule has 0 unspecified atom stereocenters. The zero-order chi connectivity index (χ0) is 23.9. The first-order valence-electron chi connectivity index (χ1n) is 11.1. The van der Waals surface area contributed by atoms with Crippen LogP contribution in [0.1, 0.15) is 35.3 Å². The molecule has 0 aliphatic carbocycles. The van der Waals surface area contributed by atoms with E-state index in [4.69, 9.17) is 14.7 Å². The number of fused-ring (bicyclic) bond motifs is 1. The van der Waals surface area contributed by atoms with E-state index in [0.717, 1.165) is 22.3 Å². The predicted octanol–water partition coefficient (Wildman–Crippen LogP) is 4.64. The van der Waals surface area contributed by atoms with Crippen LogP contribution in [0.5, 0.6) is 6.01 Å². The first-order chi connectivity index (χ1) is 16.7. The summed E-state index contributed by atoms with van der Waals surface area (Å²) in [4.78, 5) is 17.2. The number of nitrogens with zero attached hydrogens (tertiary/aromatic N) is 3. The number of ether oxygens (including phenoxy) is 2. The van der Waals surface area contributed by atoms with Crippen LogP contribution in [0.15, 0.2) is 71.8 Å². The number of rotatable bonds is 9. The van der Waals surface area contributed by atoms with Gasteiger partial charge in [-0.3, -0.25) is 9.77 Å². The number of hydrazone groups is 1. The van der Waals surface area contributed by atoms with Crippen LogP contribution in [0.4, 0.5) is 0 Å². The molecule has 4 rings (SSSR count). The van der Waals surface area contributed by atoms with Crippen LogP contribution in [0.2, 0.25) is 0 Å². The molecule has 174 valence electrons. The molecule has 8 heteroatoms. The van der Waals surface area contributed by atoms with Gasteiger partial charge in [0.15, 0.2) is 0 Å². The summed E-state index contributed by atoms with van der Waals surface area (Å²) in [6, 6.07) is 21.8. The van der Waals surface area contributed by atoms with Gasteiger partial charge in [0.25, 0.3) is 6.01 Å². The Hall–Kier alpha value is -4.17. The first-order valence-corrected chi connectivity index (χ1v) is 11.1. The van der Waals surface area contributed by atoms with E-state index in [0.29, 0.717) is 42.4 Å². The lowest BCUT2D eigenvalue weighted by molar-refractivity contribution is 0.0528. The maximum absolute atomic E-state index is 12.6. The molecule has 0 radical (unpaired) electrons. The van der Waals surface area contributed by atoms with Gasteiger partial charge in [-0.2, -0.15) is 15.7 Å². The molecule has 8 nitrogen and oxygen atoms in total. The minimum absolute atomic E-state index is 0.295. The molecule has 0 saturated heterocycles. The van der Waals surface area contributed by atoms with Crippen molar-refractivity contribution in [2.24, 2.45) is 5.10 Å². The van der Waals surface area contributed by atoms with E-state index in [2.05, 4.69) is 10.1 Å². The van der Waals surface area contributed by atoms with Crippen molar-refractivity contribution in [2.75, 3.05) is 13.2 Å². The number of hydrogen-bond donors (Lipinski definition) is 2. The fraction of sp³-hybridized carbons (Fsp3) is 0.192. The number of hydrogen-bond acceptors (Lipinski definition) is 7. The van der Waals surface area contributed by atoms with Gasteiger partial charge in [0.1, 0.15) is 0 Å². The lowest BCUT2D eigenvalue weighted by Crippen LogP contribution is -2.10. The maximum atomic E-state index is 12.6. The maximum Gasteiger partial charge on any atom is 0.340 e. The average Bonchev–Trinajstić information content (AvgIpc) is 3.21. The van der Waals surface area contributed by atoms with Gasteiger partial charge in [-0.15, -0.1) is 0 Å². The minimum Gasteiger partial charge on any atom is -0.465 e. The second kappa shape index (κ2) is 10.6. The van der Waals surface area contributed by atoms with Crippen LogP contribution in [0.25, 0.3) is 22.2 Å². The van der Waals surface area contributed by atoms with Crippen LogP contribution in [0.3, 0.4) is 0 Å². The molecule has 0 amide bonds. The third kappa shape index (κ3) is 4.77. The zero-order valence-electron chi connectivity index (χ0n) is 19.1. The Kier molecular flexibility index (Phi) is 7.19. The Bertz CT molecular complexity index is 1310. The molecule has 3 aromatic carbocycles. The van der Waals surface area contributed by atoms with Gasteiger partial charge in [0, 0.05) is 5.56 Å². The summed E-state index contributed by atoms with van der Waals surface area (Å²) in [7, 11) is 0. The highest BCUT2D eigenvalue weighted by atomic mass is 16.5. The molecule has 0 aliphatic rings. The molecular formula is C26H26N4O4. The number of carbonyl (C=O) groups is 1. The average molecular weight is 459 g/mol. The van der Waals surface area contributed by atoms with Gasteiger partial charge in [0.05, 0.1) is 42.6 Å². The number of imidazole rings is 1. The van der Waals surface area contributed by atoms with Crippen LogP contribution in [-0.4, -0.2) is 40.2 Å². The fourth-order valence-corrected chi connectivity index (χ4v) is 3.87. The zero-order valence-corrected chi connectivity index (χ0v) is 19.1. The standard InChI is InChI=1S/C26H26N4O4/c1-3-33-25(31)22-10-7-11-23-24(22)30(26(28-23)34-4-2)17-18-12-14-19(15-13-18)21-9-6-5-8-20(21)16-27-29-32/h5-16,29,32H,3-4,17H2,1-2H3. The molecule has 0 bridgehead atoms. The molecular weight excluding hydrogens is 432 g/mol. The highest BCUT2D eigenvalue weighted by Crippen LogP contribution is 2.28. The minimum atomic E-state index is -0.386. The number of carbonyl (C=O) groups excluding carboxylic acids is 1. The van der Waals surface area contributed by atoms with Crippen LogP contribution >= 0.6 is 0 Å². The summed E-state index contributed by atoms with van der Waals surface area (Å²) < 4.78 is 13.0. The van der Waals surface area contributed by atoms with E-state index in [9.17, 15) is 4.79 Å². The Labute approximate surface area is 197 Å². The number of aromatic nitrogens is 2. The van der Waals surface area contributed by atoms with Crippen molar-refractivity contribution >= 4 is 23.2 Å². The molecule has 2 N–H and O–H groups in total. The van der Waals surface area contributed by atoms with Crippen molar-refractivity contribution in [2.45, 2.75) is 20.4 Å². The highest BCUT2D eigenvalue weighted by molar-refractivity contribution is 6.02. The lowest BCUT2D eigenvalue weighted by atomic mass is 9.99. The number of esters is 1. The molecule has 34 heavy (non-hydrogen) atoms. The van der Waals surface area contributed by atoms with E-state index < -0.39 is 0 Å². The fourth-order valence-electron chi connectivity index (χ4n) is 3.87. The highest BCUT2D eigenvalue weighted by Gasteiger charge is 2.20. The second-order valence-corrected chi connectivity index (χ2v) is 7.45. The molecule has 0 fully saturated rings. The van der Waals surface area contributed by atoms with E-state index in [-0.39, 0.29) is 5.97 Å². The van der Waals surface area contributed by atoms with Gasteiger partial charge in [-0.1, -0.05) is 54.6 Å². The van der Waals surface area contributed by atoms with Gasteiger partial charge < -0.3 is 9.47 Å². The Balaban J connectivity index is 1.71. The van der Waals surface area contributed by atoms with Gasteiger partial charge in [0.2, 0.25) is 0 Å². The predicted molar refractivity (Wildman–Crippen MR) is 130 cm³/mol. The van der Waals surface area contributed by atoms with Gasteiger partial charge >= 0.3 is 5.97 Å². The summed E-state index contributed by atoms with van der Waals surface area (Å²) in [5.41, 5.74) is 7.50. The summed E-state index contributed by atoms with van der Waals surface area (Å²) in [5.74, 6) is -0.386. The van der Waals surface area contributed by atoms with Crippen LogP contribution < -0.4 is 10.3 Å². The summed E-state index contributed by atoms with van der Waals surface area (Å²) in [5, 5.41) is 12.5. The normalized spacial score (nSPS) is 11.1. The molecule has 0 aliphatic heterocycles. The largest absolute Gasteiger partial charge is 0.465 e. The molecule has 4 aromatic rings. The van der Waals surface area contributed by atoms with Crippen molar-refractivity contribution in [1.29, 1.82) is 0 Å². The Morgan fingerprint density at radius 1 is 1.06 bits per heavy atom. The van der Waals surface area contributed by atoms with Crippen molar-refractivity contribution in [3.63, 3.8) is 0 Å². The monoisotopic (exact) mass is 458 g/mol. The topological polar surface area (TPSA) is 98.0 Å². The number of para-hydroxylation sites is 1. The lowest BCUT2D eigenvalue weighted by Gasteiger charge is -2.12.